The molecule has 0 atom stereocenters. The normalized spacial score (nSPS) is 11.0. The van der Waals surface area contributed by atoms with Gasteiger partial charge in [0.05, 0.1) is 30.2 Å². The van der Waals surface area contributed by atoms with Crippen LogP contribution in [-0.2, 0) is 0 Å². The van der Waals surface area contributed by atoms with Crippen LogP contribution in [0, 0.1) is 20.8 Å². The molecule has 2 heterocycles. The number of anilines is 1. The molecule has 1 amide bonds. The lowest BCUT2D eigenvalue weighted by Crippen LogP contribution is -2.16. The van der Waals surface area contributed by atoms with Crippen molar-refractivity contribution in [3.05, 3.63) is 70.1 Å². The van der Waals surface area contributed by atoms with E-state index in [9.17, 15) is 4.79 Å². The maximum absolute atomic E-state index is 13.1. The zero-order chi connectivity index (χ0) is 24.4. The summed E-state index contributed by atoms with van der Waals surface area (Å²) in [5, 5.41) is 8.17. The molecule has 34 heavy (non-hydrogen) atoms. The predicted molar refractivity (Wildman–Crippen MR) is 134 cm³/mol. The fraction of sp³-hybridized carbons (Fsp3) is 0.269. The summed E-state index contributed by atoms with van der Waals surface area (Å²) in [6.45, 7) is 10.6. The molecule has 2 aromatic heterocycles. The van der Waals surface area contributed by atoms with Crippen LogP contribution in [0.15, 0.2) is 42.6 Å². The van der Waals surface area contributed by atoms with E-state index in [0.717, 1.165) is 22.4 Å². The molecule has 0 aliphatic heterocycles. The van der Waals surface area contributed by atoms with Crippen molar-refractivity contribution in [3.8, 4) is 22.6 Å². The van der Waals surface area contributed by atoms with Gasteiger partial charge >= 0.3 is 0 Å². The van der Waals surface area contributed by atoms with Crippen molar-refractivity contribution in [2.45, 2.75) is 34.6 Å². The van der Waals surface area contributed by atoms with E-state index < -0.39 is 0 Å². The van der Waals surface area contributed by atoms with E-state index in [4.69, 9.17) is 21.1 Å². The summed E-state index contributed by atoms with van der Waals surface area (Å²) in [5.74, 6) is 1.10. The molecule has 0 radical (unpaired) electrons. The fourth-order valence-corrected chi connectivity index (χ4v) is 4.06. The van der Waals surface area contributed by atoms with Gasteiger partial charge in [-0.1, -0.05) is 23.7 Å². The molecule has 0 saturated heterocycles. The first-order valence-electron chi connectivity index (χ1n) is 11.2. The highest BCUT2D eigenvalue weighted by molar-refractivity contribution is 6.31. The first kappa shape index (κ1) is 23.6. The van der Waals surface area contributed by atoms with Gasteiger partial charge in [0.25, 0.3) is 5.91 Å². The smallest absolute Gasteiger partial charge is 0.259 e. The molecule has 0 aliphatic carbocycles. The lowest BCUT2D eigenvalue weighted by atomic mass is 10.1. The van der Waals surface area contributed by atoms with Crippen molar-refractivity contribution < 1.29 is 14.3 Å². The van der Waals surface area contributed by atoms with Crippen molar-refractivity contribution in [3.63, 3.8) is 0 Å². The first-order valence-corrected chi connectivity index (χ1v) is 11.5. The number of hydrogen-bond acceptors (Lipinski definition) is 5. The van der Waals surface area contributed by atoms with E-state index in [1.54, 1.807) is 22.8 Å². The summed E-state index contributed by atoms with van der Waals surface area (Å²) in [7, 11) is 0. The Kier molecular flexibility index (Phi) is 6.75. The highest BCUT2D eigenvalue weighted by Crippen LogP contribution is 2.36. The van der Waals surface area contributed by atoms with Crippen molar-refractivity contribution in [1.82, 2.24) is 14.6 Å². The number of hydrogen-bond donors (Lipinski definition) is 1. The van der Waals surface area contributed by atoms with Gasteiger partial charge in [-0.25, -0.2) is 9.50 Å². The summed E-state index contributed by atoms with van der Waals surface area (Å²) in [6, 6.07) is 11.2. The van der Waals surface area contributed by atoms with Crippen molar-refractivity contribution in [1.29, 1.82) is 0 Å². The molecule has 0 bridgehead atoms. The monoisotopic (exact) mass is 478 g/mol. The number of halogens is 1. The third-order valence-corrected chi connectivity index (χ3v) is 5.82. The van der Waals surface area contributed by atoms with Crippen molar-refractivity contribution in [2.24, 2.45) is 0 Å². The maximum atomic E-state index is 13.1. The molecule has 0 spiro atoms. The van der Waals surface area contributed by atoms with Gasteiger partial charge in [-0.05, 0) is 70.0 Å². The highest BCUT2D eigenvalue weighted by atomic mass is 35.5. The van der Waals surface area contributed by atoms with Gasteiger partial charge in [0.15, 0.2) is 17.1 Å². The van der Waals surface area contributed by atoms with Crippen LogP contribution in [0.1, 0.15) is 41.2 Å². The van der Waals surface area contributed by atoms with Crippen LogP contribution in [0.4, 0.5) is 5.69 Å². The summed E-state index contributed by atoms with van der Waals surface area (Å²) in [5.41, 5.74) is 5.95. The van der Waals surface area contributed by atoms with Crippen LogP contribution >= 0.6 is 11.6 Å². The fourth-order valence-electron chi connectivity index (χ4n) is 3.89. The van der Waals surface area contributed by atoms with Gasteiger partial charge in [0.1, 0.15) is 0 Å². The second-order valence-electron chi connectivity index (χ2n) is 7.89. The van der Waals surface area contributed by atoms with E-state index in [0.29, 0.717) is 52.3 Å². The van der Waals surface area contributed by atoms with Crippen LogP contribution in [0.5, 0.6) is 11.5 Å². The molecule has 0 unspecified atom stereocenters. The average molecular weight is 479 g/mol. The lowest BCUT2D eigenvalue weighted by Gasteiger charge is -2.13. The maximum Gasteiger partial charge on any atom is 0.259 e. The van der Waals surface area contributed by atoms with E-state index >= 15 is 0 Å². The van der Waals surface area contributed by atoms with Crippen LogP contribution in [0.3, 0.4) is 0 Å². The lowest BCUT2D eigenvalue weighted by molar-refractivity contribution is 0.102. The predicted octanol–water partition coefficient (Wildman–Crippen LogP) is 6.02. The minimum absolute atomic E-state index is 0.272. The zero-order valence-electron chi connectivity index (χ0n) is 19.9. The number of benzene rings is 2. The molecule has 8 heteroatoms. The molecule has 176 valence electrons. The molecular formula is C26H27ClN4O3. The van der Waals surface area contributed by atoms with Gasteiger partial charge in [0.2, 0.25) is 0 Å². The van der Waals surface area contributed by atoms with E-state index in [1.165, 1.54) is 0 Å². The van der Waals surface area contributed by atoms with Crippen molar-refractivity contribution >= 4 is 28.8 Å². The summed E-state index contributed by atoms with van der Waals surface area (Å²) in [4.78, 5) is 17.7. The summed E-state index contributed by atoms with van der Waals surface area (Å²) in [6.07, 6.45) is 1.59. The number of aromatic nitrogens is 3. The topological polar surface area (TPSA) is 77.8 Å². The quantitative estimate of drug-likeness (QED) is 0.351. The third kappa shape index (κ3) is 4.43. The van der Waals surface area contributed by atoms with Gasteiger partial charge in [0, 0.05) is 22.5 Å². The SMILES string of the molecule is CCOc1ccc(-c2c(C)nn3c(C)c(C(=O)Nc4cc(Cl)ccc4C)cnc23)cc1OCC. The Balaban J connectivity index is 1.74. The minimum Gasteiger partial charge on any atom is -0.490 e. The van der Waals surface area contributed by atoms with Crippen molar-refractivity contribution in [2.75, 3.05) is 18.5 Å². The number of carbonyl (C=O) groups excluding carboxylic acids is 1. The molecule has 7 nitrogen and oxygen atoms in total. The second-order valence-corrected chi connectivity index (χ2v) is 8.33. The number of carbonyl (C=O) groups is 1. The molecule has 0 fully saturated rings. The van der Waals surface area contributed by atoms with Gasteiger partial charge in [-0.3, -0.25) is 4.79 Å². The molecule has 2 aromatic carbocycles. The largest absolute Gasteiger partial charge is 0.490 e. The van der Waals surface area contributed by atoms with E-state index in [1.807, 2.05) is 58.9 Å². The third-order valence-electron chi connectivity index (χ3n) is 5.58. The Hall–Kier alpha value is -3.58. The van der Waals surface area contributed by atoms with Crippen LogP contribution in [0.2, 0.25) is 5.02 Å². The van der Waals surface area contributed by atoms with Crippen LogP contribution < -0.4 is 14.8 Å². The standard InChI is InChI=1S/C26H27ClN4O3/c1-6-33-22-11-9-18(12-23(22)34-7-2)24-16(4)30-31-17(5)20(14-28-25(24)31)26(32)29-21-13-19(27)10-8-15(21)3/h8-14H,6-7H2,1-5H3,(H,29,32). The van der Waals surface area contributed by atoms with Crippen LogP contribution in [0.25, 0.3) is 16.8 Å². The minimum atomic E-state index is -0.272. The molecule has 0 saturated carbocycles. The Bertz CT molecular complexity index is 1380. The second kappa shape index (κ2) is 9.73. The summed E-state index contributed by atoms with van der Waals surface area (Å²) >= 11 is 6.10. The number of aryl methyl sites for hydroxylation is 3. The van der Waals surface area contributed by atoms with Gasteiger partial charge in [-0.15, -0.1) is 0 Å². The number of ether oxygens (including phenoxy) is 2. The number of amides is 1. The Labute approximate surface area is 203 Å². The number of nitrogens with zero attached hydrogens (tertiary/aromatic N) is 3. The highest BCUT2D eigenvalue weighted by Gasteiger charge is 2.20. The van der Waals surface area contributed by atoms with E-state index in [2.05, 4.69) is 15.4 Å². The number of nitrogens with one attached hydrogen (secondary N) is 1. The molecule has 4 rings (SSSR count). The number of fused-ring (bicyclic) bond motifs is 1. The Morgan fingerprint density at radius 1 is 1.03 bits per heavy atom. The molecular weight excluding hydrogens is 452 g/mol. The summed E-state index contributed by atoms with van der Waals surface area (Å²) < 4.78 is 13.2. The van der Waals surface area contributed by atoms with Gasteiger partial charge < -0.3 is 14.8 Å². The molecule has 0 aliphatic rings. The first-order chi connectivity index (χ1) is 16.3. The molecule has 4 aromatic rings. The van der Waals surface area contributed by atoms with Crippen LogP contribution in [-0.4, -0.2) is 33.7 Å². The Morgan fingerprint density at radius 3 is 2.50 bits per heavy atom. The average Bonchev–Trinajstić information content (AvgIpc) is 3.15. The zero-order valence-corrected chi connectivity index (χ0v) is 20.7. The Morgan fingerprint density at radius 2 is 1.76 bits per heavy atom. The van der Waals surface area contributed by atoms with Gasteiger partial charge in [-0.2, -0.15) is 5.10 Å². The van der Waals surface area contributed by atoms with E-state index in [-0.39, 0.29) is 5.91 Å². The molecule has 1 N–H and O–H groups in total. The number of rotatable bonds is 7.